The fraction of sp³-hybridized carbons (Fsp3) is 0.0169. The summed E-state index contributed by atoms with van der Waals surface area (Å²) in [5, 5.41) is 4.91. The van der Waals surface area contributed by atoms with Gasteiger partial charge in [-0.05, 0) is 104 Å². The highest BCUT2D eigenvalue weighted by molar-refractivity contribution is 6.12. The molecule has 0 unspecified atom stereocenters. The minimum Gasteiger partial charge on any atom is -0.310 e. The van der Waals surface area contributed by atoms with Gasteiger partial charge in [-0.1, -0.05) is 188 Å². The van der Waals surface area contributed by atoms with E-state index < -0.39 is 5.41 Å². The molecule has 0 spiro atoms. The lowest BCUT2D eigenvalue weighted by atomic mass is 9.68. The van der Waals surface area contributed by atoms with Gasteiger partial charge in [-0.15, -0.1) is 0 Å². The van der Waals surface area contributed by atoms with Gasteiger partial charge in [0.25, 0.3) is 0 Å². The zero-order chi connectivity index (χ0) is 40.3. The Morgan fingerprint density at radius 1 is 0.328 bits per heavy atom. The molecule has 2 heteroatoms. The fourth-order valence-corrected chi connectivity index (χ4v) is 10.2. The van der Waals surface area contributed by atoms with Crippen molar-refractivity contribution in [1.82, 2.24) is 4.57 Å². The third kappa shape index (κ3) is 5.43. The molecule has 286 valence electrons. The molecule has 12 rings (SSSR count). The predicted octanol–water partition coefficient (Wildman–Crippen LogP) is 15.4. The molecule has 2 nitrogen and oxygen atoms in total. The van der Waals surface area contributed by atoms with E-state index in [1.165, 1.54) is 82.8 Å². The molecule has 1 aromatic heterocycles. The maximum atomic E-state index is 2.44. The second kappa shape index (κ2) is 14.1. The predicted molar refractivity (Wildman–Crippen MR) is 256 cm³/mol. The summed E-state index contributed by atoms with van der Waals surface area (Å²) in [6.45, 7) is 0. The van der Waals surface area contributed by atoms with Crippen LogP contribution in [-0.2, 0) is 5.41 Å². The standard InChI is InChI=1S/C59H40N2/c1-4-17-41(18-5-1)42-31-33-46(34-32-42)60(48-36-38-58-53(40-48)51-27-13-15-29-57(51)61(58)56-30-16-20-43-19-10-11-25-49(43)56)47-35-37-55-52(39-47)50-26-12-14-28-54(50)59(55,44-21-6-2-7-22-44)45-23-8-3-9-24-45/h1-40H. The van der Waals surface area contributed by atoms with Crippen LogP contribution in [0.2, 0.25) is 0 Å². The number of nitrogens with zero attached hydrogens (tertiary/aromatic N) is 2. The van der Waals surface area contributed by atoms with Gasteiger partial charge < -0.3 is 9.47 Å². The molecule has 0 radical (unpaired) electrons. The van der Waals surface area contributed by atoms with Crippen molar-refractivity contribution in [2.75, 3.05) is 4.90 Å². The van der Waals surface area contributed by atoms with Gasteiger partial charge in [0.2, 0.25) is 0 Å². The van der Waals surface area contributed by atoms with E-state index in [4.69, 9.17) is 0 Å². The second-order valence-electron chi connectivity index (χ2n) is 16.1. The Labute approximate surface area is 355 Å². The zero-order valence-electron chi connectivity index (χ0n) is 33.5. The van der Waals surface area contributed by atoms with Crippen molar-refractivity contribution in [2.45, 2.75) is 5.41 Å². The molecule has 1 heterocycles. The van der Waals surface area contributed by atoms with Gasteiger partial charge in [-0.3, -0.25) is 0 Å². The summed E-state index contributed by atoms with van der Waals surface area (Å²) in [6.07, 6.45) is 0. The van der Waals surface area contributed by atoms with Crippen LogP contribution in [-0.4, -0.2) is 4.57 Å². The molecule has 11 aromatic rings. The highest BCUT2D eigenvalue weighted by atomic mass is 15.1. The maximum absolute atomic E-state index is 2.44. The van der Waals surface area contributed by atoms with Crippen LogP contribution in [0.15, 0.2) is 243 Å². The van der Waals surface area contributed by atoms with Gasteiger partial charge in [-0.2, -0.15) is 0 Å². The quantitative estimate of drug-likeness (QED) is 0.156. The van der Waals surface area contributed by atoms with E-state index in [-0.39, 0.29) is 0 Å². The van der Waals surface area contributed by atoms with Gasteiger partial charge in [0.15, 0.2) is 0 Å². The molecule has 61 heavy (non-hydrogen) atoms. The number of aromatic nitrogens is 1. The molecule has 1 aliphatic rings. The summed E-state index contributed by atoms with van der Waals surface area (Å²) in [4.78, 5) is 2.44. The summed E-state index contributed by atoms with van der Waals surface area (Å²) < 4.78 is 2.44. The van der Waals surface area contributed by atoms with Crippen LogP contribution < -0.4 is 4.90 Å². The lowest BCUT2D eigenvalue weighted by Crippen LogP contribution is -2.28. The Kier molecular flexibility index (Phi) is 8.11. The van der Waals surface area contributed by atoms with Crippen LogP contribution in [0.25, 0.3) is 60.5 Å². The molecule has 0 bridgehead atoms. The van der Waals surface area contributed by atoms with Crippen molar-refractivity contribution < 1.29 is 0 Å². The SMILES string of the molecule is c1ccc(-c2ccc(N(c3ccc4c(c3)-c3ccccc3C4(c3ccccc3)c3ccccc3)c3ccc4c(c3)c3ccccc3n4-c3cccc4ccccc34)cc2)cc1. The minimum absolute atomic E-state index is 0.461. The van der Waals surface area contributed by atoms with Gasteiger partial charge in [-0.25, -0.2) is 0 Å². The van der Waals surface area contributed by atoms with Gasteiger partial charge in [0, 0.05) is 33.2 Å². The zero-order valence-corrected chi connectivity index (χ0v) is 33.5. The summed E-state index contributed by atoms with van der Waals surface area (Å²) in [6, 6.07) is 89.0. The van der Waals surface area contributed by atoms with E-state index in [1.807, 2.05) is 0 Å². The molecule has 0 aliphatic heterocycles. The number of hydrogen-bond acceptors (Lipinski definition) is 1. The smallest absolute Gasteiger partial charge is 0.0713 e. The molecule has 0 saturated carbocycles. The lowest BCUT2D eigenvalue weighted by Gasteiger charge is -2.34. The molecule has 0 saturated heterocycles. The molecular formula is C59H40N2. The number of para-hydroxylation sites is 1. The lowest BCUT2D eigenvalue weighted by molar-refractivity contribution is 0.768. The number of benzene rings is 10. The molecule has 10 aromatic carbocycles. The summed E-state index contributed by atoms with van der Waals surface area (Å²) in [7, 11) is 0. The third-order valence-corrected chi connectivity index (χ3v) is 12.9. The molecule has 0 atom stereocenters. The van der Waals surface area contributed by atoms with Gasteiger partial charge in [0.05, 0.1) is 22.1 Å². The highest BCUT2D eigenvalue weighted by Crippen LogP contribution is 2.57. The van der Waals surface area contributed by atoms with E-state index in [2.05, 4.69) is 252 Å². The summed E-state index contributed by atoms with van der Waals surface area (Å²) in [5.41, 5.74) is 16.4. The van der Waals surface area contributed by atoms with Crippen molar-refractivity contribution in [3.8, 4) is 27.9 Å². The topological polar surface area (TPSA) is 8.17 Å². The van der Waals surface area contributed by atoms with Crippen molar-refractivity contribution in [3.05, 3.63) is 265 Å². The first-order chi connectivity index (χ1) is 30.3. The fourth-order valence-electron chi connectivity index (χ4n) is 10.2. The van der Waals surface area contributed by atoms with Crippen LogP contribution in [0.5, 0.6) is 0 Å². The second-order valence-corrected chi connectivity index (χ2v) is 16.1. The average Bonchev–Trinajstić information content (AvgIpc) is 3.83. The molecular weight excluding hydrogens is 737 g/mol. The number of anilines is 3. The monoisotopic (exact) mass is 776 g/mol. The van der Waals surface area contributed by atoms with Crippen molar-refractivity contribution >= 4 is 49.6 Å². The minimum atomic E-state index is -0.461. The van der Waals surface area contributed by atoms with E-state index in [0.717, 1.165) is 17.1 Å². The van der Waals surface area contributed by atoms with Crippen LogP contribution in [0.4, 0.5) is 17.1 Å². The van der Waals surface area contributed by atoms with E-state index in [0.29, 0.717) is 0 Å². The Morgan fingerprint density at radius 3 is 1.64 bits per heavy atom. The number of hydrogen-bond donors (Lipinski definition) is 0. The van der Waals surface area contributed by atoms with E-state index in [1.54, 1.807) is 0 Å². The Hall–Kier alpha value is -7.94. The summed E-state index contributed by atoms with van der Waals surface area (Å²) in [5.74, 6) is 0. The Balaban J connectivity index is 1.09. The van der Waals surface area contributed by atoms with E-state index >= 15 is 0 Å². The van der Waals surface area contributed by atoms with Crippen LogP contribution >= 0.6 is 0 Å². The maximum Gasteiger partial charge on any atom is 0.0713 e. The van der Waals surface area contributed by atoms with Crippen molar-refractivity contribution in [1.29, 1.82) is 0 Å². The van der Waals surface area contributed by atoms with Crippen LogP contribution in [0.3, 0.4) is 0 Å². The van der Waals surface area contributed by atoms with Crippen LogP contribution in [0.1, 0.15) is 22.3 Å². The van der Waals surface area contributed by atoms with E-state index in [9.17, 15) is 0 Å². The van der Waals surface area contributed by atoms with Gasteiger partial charge in [0.1, 0.15) is 0 Å². The van der Waals surface area contributed by atoms with Crippen LogP contribution in [0, 0.1) is 0 Å². The average molecular weight is 777 g/mol. The Bertz CT molecular complexity index is 3360. The molecule has 0 amide bonds. The first-order valence-electron chi connectivity index (χ1n) is 21.1. The highest BCUT2D eigenvalue weighted by Gasteiger charge is 2.46. The van der Waals surface area contributed by atoms with Crippen molar-refractivity contribution in [2.24, 2.45) is 0 Å². The number of rotatable bonds is 7. The largest absolute Gasteiger partial charge is 0.310 e. The Morgan fingerprint density at radius 2 is 0.869 bits per heavy atom. The first-order valence-corrected chi connectivity index (χ1v) is 21.1. The third-order valence-electron chi connectivity index (χ3n) is 12.9. The van der Waals surface area contributed by atoms with Crippen molar-refractivity contribution in [3.63, 3.8) is 0 Å². The molecule has 0 N–H and O–H groups in total. The molecule has 0 fully saturated rings. The summed E-state index contributed by atoms with van der Waals surface area (Å²) >= 11 is 0. The van der Waals surface area contributed by atoms with Gasteiger partial charge >= 0.3 is 0 Å². The first kappa shape index (κ1) is 35.0. The number of fused-ring (bicyclic) bond motifs is 7. The molecule has 1 aliphatic carbocycles. The normalized spacial score (nSPS) is 12.7.